The van der Waals surface area contributed by atoms with Crippen LogP contribution in [0.5, 0.6) is 0 Å². The highest BCUT2D eigenvalue weighted by Crippen LogP contribution is 2.24. The molecule has 148 valence electrons. The van der Waals surface area contributed by atoms with Gasteiger partial charge in [-0.2, -0.15) is 5.10 Å². The molecule has 2 aromatic heterocycles. The van der Waals surface area contributed by atoms with Gasteiger partial charge in [-0.1, -0.05) is 6.07 Å². The fourth-order valence-corrected chi connectivity index (χ4v) is 3.28. The number of piperidine rings is 1. The number of nitro groups is 1. The number of aromatic nitrogens is 5. The van der Waals surface area contributed by atoms with Gasteiger partial charge in [0.05, 0.1) is 10.8 Å². The lowest BCUT2D eigenvalue weighted by Gasteiger charge is -2.32. The van der Waals surface area contributed by atoms with Crippen LogP contribution in [0.15, 0.2) is 49.1 Å². The Labute approximate surface area is 165 Å². The van der Waals surface area contributed by atoms with Crippen LogP contribution >= 0.6 is 0 Å². The second-order valence-corrected chi connectivity index (χ2v) is 6.67. The second kappa shape index (κ2) is 8.00. The number of amides is 1. The van der Waals surface area contributed by atoms with Crippen molar-refractivity contribution in [3.63, 3.8) is 0 Å². The highest BCUT2D eigenvalue weighted by atomic mass is 16.6. The number of carbonyl (C=O) groups is 1. The van der Waals surface area contributed by atoms with Crippen LogP contribution in [0.25, 0.3) is 5.82 Å². The standard InChI is InChI=1S/C18H18N8O3/c27-18(21-14-4-1-5-15(9-14)26(28)29)13-3-2-8-24(10-13)16-6-7-17(23-22-16)25-12-19-11-20-25/h1,4-7,9,11-13H,2-3,8,10H2,(H,21,27). The van der Waals surface area contributed by atoms with Gasteiger partial charge in [0, 0.05) is 30.9 Å². The van der Waals surface area contributed by atoms with Gasteiger partial charge in [0.1, 0.15) is 12.7 Å². The van der Waals surface area contributed by atoms with E-state index in [-0.39, 0.29) is 17.5 Å². The van der Waals surface area contributed by atoms with E-state index in [0.717, 1.165) is 19.4 Å². The smallest absolute Gasteiger partial charge is 0.271 e. The molecule has 1 amide bonds. The fraction of sp³-hybridized carbons (Fsp3) is 0.278. The van der Waals surface area contributed by atoms with Crippen LogP contribution in [0.3, 0.4) is 0 Å². The molecule has 1 unspecified atom stereocenters. The Morgan fingerprint density at radius 1 is 1.21 bits per heavy atom. The van der Waals surface area contributed by atoms with Crippen molar-refractivity contribution in [2.75, 3.05) is 23.3 Å². The molecule has 1 saturated heterocycles. The molecule has 0 spiro atoms. The van der Waals surface area contributed by atoms with E-state index in [1.165, 1.54) is 23.1 Å². The van der Waals surface area contributed by atoms with Gasteiger partial charge in [-0.05, 0) is 31.0 Å². The van der Waals surface area contributed by atoms with Crippen molar-refractivity contribution in [2.24, 2.45) is 5.92 Å². The van der Waals surface area contributed by atoms with Crippen molar-refractivity contribution in [3.05, 3.63) is 59.2 Å². The molecule has 1 atom stereocenters. The zero-order valence-corrected chi connectivity index (χ0v) is 15.4. The van der Waals surface area contributed by atoms with Gasteiger partial charge in [-0.15, -0.1) is 10.2 Å². The summed E-state index contributed by atoms with van der Waals surface area (Å²) in [4.78, 5) is 29.0. The Morgan fingerprint density at radius 2 is 2.03 bits per heavy atom. The van der Waals surface area contributed by atoms with Gasteiger partial charge in [0.15, 0.2) is 11.6 Å². The van der Waals surface area contributed by atoms with Crippen molar-refractivity contribution in [3.8, 4) is 5.82 Å². The molecule has 0 bridgehead atoms. The number of carbonyl (C=O) groups excluding carboxylic acids is 1. The molecule has 1 aliphatic rings. The van der Waals surface area contributed by atoms with Gasteiger partial charge < -0.3 is 10.2 Å². The lowest BCUT2D eigenvalue weighted by molar-refractivity contribution is -0.384. The molecule has 0 aliphatic carbocycles. The summed E-state index contributed by atoms with van der Waals surface area (Å²) in [6.07, 6.45) is 4.53. The summed E-state index contributed by atoms with van der Waals surface area (Å²) in [5.74, 6) is 0.826. The van der Waals surface area contributed by atoms with E-state index in [1.54, 1.807) is 24.5 Å². The second-order valence-electron chi connectivity index (χ2n) is 6.67. The van der Waals surface area contributed by atoms with Gasteiger partial charge in [-0.3, -0.25) is 14.9 Å². The number of benzene rings is 1. The maximum absolute atomic E-state index is 12.7. The van der Waals surface area contributed by atoms with Gasteiger partial charge in [-0.25, -0.2) is 9.67 Å². The molecule has 3 heterocycles. The third-order valence-electron chi connectivity index (χ3n) is 4.73. The molecule has 1 aromatic carbocycles. The number of hydrogen-bond acceptors (Lipinski definition) is 8. The number of hydrogen-bond donors (Lipinski definition) is 1. The molecule has 3 aromatic rings. The molecule has 11 nitrogen and oxygen atoms in total. The first kappa shape index (κ1) is 18.5. The van der Waals surface area contributed by atoms with Gasteiger partial charge >= 0.3 is 0 Å². The van der Waals surface area contributed by atoms with Crippen LogP contribution in [-0.2, 0) is 4.79 Å². The van der Waals surface area contributed by atoms with Crippen LogP contribution in [0, 0.1) is 16.0 Å². The highest BCUT2D eigenvalue weighted by molar-refractivity contribution is 5.93. The van der Waals surface area contributed by atoms with Crippen molar-refractivity contribution in [1.29, 1.82) is 0 Å². The first-order valence-electron chi connectivity index (χ1n) is 9.09. The lowest BCUT2D eigenvalue weighted by Crippen LogP contribution is -2.41. The third kappa shape index (κ3) is 4.18. The minimum atomic E-state index is -0.486. The summed E-state index contributed by atoms with van der Waals surface area (Å²) in [6, 6.07) is 9.56. The number of nitro benzene ring substituents is 1. The predicted octanol–water partition coefficient (Wildman–Crippen LogP) is 1.82. The first-order valence-corrected chi connectivity index (χ1v) is 9.09. The first-order chi connectivity index (χ1) is 14.1. The largest absolute Gasteiger partial charge is 0.354 e. The maximum Gasteiger partial charge on any atom is 0.271 e. The normalized spacial score (nSPS) is 16.4. The SMILES string of the molecule is O=C(Nc1cccc([N+](=O)[O-])c1)C1CCCN(c2ccc(-n3cncn3)nn2)C1. The maximum atomic E-state index is 12.7. The van der Waals surface area contributed by atoms with Crippen molar-refractivity contribution in [2.45, 2.75) is 12.8 Å². The summed E-state index contributed by atoms with van der Waals surface area (Å²) in [5.41, 5.74) is 0.356. The molecular weight excluding hydrogens is 376 g/mol. The minimum absolute atomic E-state index is 0.0594. The Balaban J connectivity index is 1.42. The number of nitrogens with one attached hydrogen (secondary N) is 1. The van der Waals surface area contributed by atoms with E-state index >= 15 is 0 Å². The molecule has 11 heteroatoms. The van der Waals surface area contributed by atoms with Crippen LogP contribution in [0.4, 0.5) is 17.2 Å². The number of rotatable bonds is 5. The zero-order chi connectivity index (χ0) is 20.2. The van der Waals surface area contributed by atoms with E-state index in [9.17, 15) is 14.9 Å². The molecular formula is C18H18N8O3. The lowest BCUT2D eigenvalue weighted by atomic mass is 9.97. The van der Waals surface area contributed by atoms with Gasteiger partial charge in [0.25, 0.3) is 5.69 Å². The Kier molecular flexibility index (Phi) is 5.10. The van der Waals surface area contributed by atoms with Crippen LogP contribution in [0.1, 0.15) is 12.8 Å². The Morgan fingerprint density at radius 3 is 2.76 bits per heavy atom. The molecule has 0 saturated carbocycles. The van der Waals surface area contributed by atoms with Crippen molar-refractivity contribution >= 4 is 23.1 Å². The quantitative estimate of drug-likeness (QED) is 0.512. The minimum Gasteiger partial charge on any atom is -0.354 e. The Bertz CT molecular complexity index is 1010. The molecule has 4 rings (SSSR count). The molecule has 1 N–H and O–H groups in total. The highest BCUT2D eigenvalue weighted by Gasteiger charge is 2.27. The zero-order valence-electron chi connectivity index (χ0n) is 15.4. The predicted molar refractivity (Wildman–Crippen MR) is 104 cm³/mol. The number of nitrogens with zero attached hydrogens (tertiary/aromatic N) is 7. The van der Waals surface area contributed by atoms with Crippen LogP contribution in [0.2, 0.25) is 0 Å². The van der Waals surface area contributed by atoms with Crippen molar-refractivity contribution < 1.29 is 9.72 Å². The third-order valence-corrected chi connectivity index (χ3v) is 4.73. The number of anilines is 2. The molecule has 29 heavy (non-hydrogen) atoms. The summed E-state index contributed by atoms with van der Waals surface area (Å²) in [5, 5.41) is 26.1. The van der Waals surface area contributed by atoms with E-state index in [4.69, 9.17) is 0 Å². The molecule has 0 radical (unpaired) electrons. The fourth-order valence-electron chi connectivity index (χ4n) is 3.28. The summed E-state index contributed by atoms with van der Waals surface area (Å²) in [6.45, 7) is 1.27. The van der Waals surface area contributed by atoms with E-state index in [2.05, 4.69) is 25.6 Å². The Hall–Kier alpha value is -3.89. The summed E-state index contributed by atoms with van der Waals surface area (Å²) >= 11 is 0. The average molecular weight is 394 g/mol. The van der Waals surface area contributed by atoms with E-state index in [1.807, 2.05) is 11.0 Å². The topological polar surface area (TPSA) is 132 Å². The molecule has 1 aliphatic heterocycles. The van der Waals surface area contributed by atoms with E-state index < -0.39 is 4.92 Å². The van der Waals surface area contributed by atoms with Gasteiger partial charge in [0.2, 0.25) is 5.91 Å². The number of non-ortho nitro benzene ring substituents is 1. The average Bonchev–Trinajstić information content (AvgIpc) is 3.29. The van der Waals surface area contributed by atoms with Crippen LogP contribution in [-0.4, -0.2) is 48.9 Å². The molecule has 1 fully saturated rings. The van der Waals surface area contributed by atoms with E-state index in [0.29, 0.717) is 23.9 Å². The van der Waals surface area contributed by atoms with Crippen LogP contribution < -0.4 is 10.2 Å². The summed E-state index contributed by atoms with van der Waals surface area (Å²) in [7, 11) is 0. The monoisotopic (exact) mass is 394 g/mol. The summed E-state index contributed by atoms with van der Waals surface area (Å²) < 4.78 is 1.52. The van der Waals surface area contributed by atoms with Crippen molar-refractivity contribution in [1.82, 2.24) is 25.0 Å².